The summed E-state index contributed by atoms with van der Waals surface area (Å²) in [6, 6.07) is 24.8. The number of rotatable bonds is 7. The molecule has 1 aromatic heterocycles. The summed E-state index contributed by atoms with van der Waals surface area (Å²) >= 11 is 3.54. The minimum Gasteiger partial charge on any atom is -0.326 e. The first-order valence-electron chi connectivity index (χ1n) is 12.5. The fraction of sp³-hybridized carbons (Fsp3) is 0.310. The van der Waals surface area contributed by atoms with E-state index in [1.807, 2.05) is 24.3 Å². The van der Waals surface area contributed by atoms with Crippen molar-refractivity contribution < 1.29 is 4.79 Å². The number of fused-ring (bicyclic) bond motifs is 1. The molecule has 0 spiro atoms. The molecular weight excluding hydrogens is 500 g/mol. The monoisotopic (exact) mass is 530 g/mol. The van der Waals surface area contributed by atoms with Gasteiger partial charge in [0.2, 0.25) is 5.91 Å². The topological polar surface area (TPSA) is 50.2 Å². The summed E-state index contributed by atoms with van der Waals surface area (Å²) in [5.41, 5.74) is 5.34. The summed E-state index contributed by atoms with van der Waals surface area (Å²) in [6.45, 7) is 4.59. The van der Waals surface area contributed by atoms with Crippen molar-refractivity contribution >= 4 is 38.6 Å². The number of hydrogen-bond acceptors (Lipinski definition) is 3. The van der Waals surface area contributed by atoms with Crippen molar-refractivity contribution in [3.8, 4) is 5.69 Å². The molecule has 0 bridgehead atoms. The maximum absolute atomic E-state index is 13.2. The lowest BCUT2D eigenvalue weighted by Crippen LogP contribution is -2.40. The number of piperidine rings is 1. The second-order valence-electron chi connectivity index (χ2n) is 9.30. The normalized spacial score (nSPS) is 16.5. The SMILES string of the molecule is CCCc1ccccc1NC(=O)[C@H]1CCCN(Cc2nc3ccccc3n2-c2ccc(Br)cc2)C1. The molecule has 5 nitrogen and oxygen atoms in total. The number of likely N-dealkylation sites (tertiary alicyclic amines) is 1. The van der Waals surface area contributed by atoms with E-state index in [2.05, 4.69) is 86.2 Å². The predicted octanol–water partition coefficient (Wildman–Crippen LogP) is 6.59. The molecule has 1 aliphatic rings. The summed E-state index contributed by atoms with van der Waals surface area (Å²) in [4.78, 5) is 20.6. The van der Waals surface area contributed by atoms with E-state index in [1.54, 1.807) is 0 Å². The lowest BCUT2D eigenvalue weighted by Gasteiger charge is -2.32. The first kappa shape index (κ1) is 23.8. The molecule has 6 heteroatoms. The molecule has 0 saturated carbocycles. The number of amides is 1. The molecular formula is C29H31BrN4O. The molecule has 1 atom stereocenters. The van der Waals surface area contributed by atoms with E-state index >= 15 is 0 Å². The minimum atomic E-state index is -0.0241. The number of carbonyl (C=O) groups excluding carboxylic acids is 1. The minimum absolute atomic E-state index is 0.0241. The van der Waals surface area contributed by atoms with Crippen LogP contribution >= 0.6 is 15.9 Å². The molecule has 180 valence electrons. The van der Waals surface area contributed by atoms with Gasteiger partial charge < -0.3 is 5.32 Å². The fourth-order valence-electron chi connectivity index (χ4n) is 5.04. The summed E-state index contributed by atoms with van der Waals surface area (Å²) in [5, 5.41) is 3.22. The molecule has 4 aromatic rings. The van der Waals surface area contributed by atoms with Gasteiger partial charge in [0, 0.05) is 22.4 Å². The smallest absolute Gasteiger partial charge is 0.228 e. The number of carbonyl (C=O) groups is 1. The van der Waals surface area contributed by atoms with Gasteiger partial charge >= 0.3 is 0 Å². The van der Waals surface area contributed by atoms with Crippen molar-refractivity contribution in [2.24, 2.45) is 5.92 Å². The Hall–Kier alpha value is -2.96. The van der Waals surface area contributed by atoms with Gasteiger partial charge in [0.15, 0.2) is 0 Å². The number of hydrogen-bond donors (Lipinski definition) is 1. The highest BCUT2D eigenvalue weighted by Gasteiger charge is 2.27. The molecule has 1 aliphatic heterocycles. The van der Waals surface area contributed by atoms with Crippen LogP contribution in [0.1, 0.15) is 37.6 Å². The number of benzene rings is 3. The molecule has 1 saturated heterocycles. The molecule has 5 rings (SSSR count). The average molecular weight is 531 g/mol. The van der Waals surface area contributed by atoms with Crippen molar-refractivity contribution in [3.05, 3.63) is 88.7 Å². The number of para-hydroxylation sites is 3. The van der Waals surface area contributed by atoms with E-state index in [-0.39, 0.29) is 11.8 Å². The van der Waals surface area contributed by atoms with Gasteiger partial charge in [-0.2, -0.15) is 0 Å². The second-order valence-corrected chi connectivity index (χ2v) is 10.2. The molecule has 2 heterocycles. The van der Waals surface area contributed by atoms with E-state index < -0.39 is 0 Å². The Balaban J connectivity index is 1.35. The third-order valence-corrected chi connectivity index (χ3v) is 7.28. The van der Waals surface area contributed by atoms with Crippen molar-refractivity contribution in [1.29, 1.82) is 0 Å². The van der Waals surface area contributed by atoms with E-state index in [0.29, 0.717) is 6.54 Å². The zero-order valence-corrected chi connectivity index (χ0v) is 21.7. The van der Waals surface area contributed by atoms with Gasteiger partial charge in [0.1, 0.15) is 5.82 Å². The summed E-state index contributed by atoms with van der Waals surface area (Å²) in [5.74, 6) is 1.10. The molecule has 1 N–H and O–H groups in total. The maximum Gasteiger partial charge on any atom is 0.228 e. The summed E-state index contributed by atoms with van der Waals surface area (Å²) in [6.07, 6.45) is 3.96. The maximum atomic E-state index is 13.2. The van der Waals surface area contributed by atoms with E-state index in [9.17, 15) is 4.79 Å². The Bertz CT molecular complexity index is 1310. The molecule has 3 aromatic carbocycles. The number of aryl methyl sites for hydroxylation is 1. The van der Waals surface area contributed by atoms with Crippen LogP contribution in [-0.4, -0.2) is 33.4 Å². The van der Waals surface area contributed by atoms with Gasteiger partial charge in [-0.05, 0) is 73.8 Å². The van der Waals surface area contributed by atoms with Crippen molar-refractivity contribution in [3.63, 3.8) is 0 Å². The number of anilines is 1. The van der Waals surface area contributed by atoms with Crippen LogP contribution < -0.4 is 5.32 Å². The van der Waals surface area contributed by atoms with E-state index in [0.717, 1.165) is 71.5 Å². The Morgan fingerprint density at radius 1 is 1.06 bits per heavy atom. The molecule has 35 heavy (non-hydrogen) atoms. The van der Waals surface area contributed by atoms with Crippen LogP contribution in [0, 0.1) is 5.92 Å². The number of aromatic nitrogens is 2. The Morgan fingerprint density at radius 2 is 1.83 bits per heavy atom. The van der Waals surface area contributed by atoms with Crippen LogP contribution in [0.3, 0.4) is 0 Å². The van der Waals surface area contributed by atoms with Crippen LogP contribution in [-0.2, 0) is 17.8 Å². The lowest BCUT2D eigenvalue weighted by atomic mass is 9.96. The largest absolute Gasteiger partial charge is 0.326 e. The lowest BCUT2D eigenvalue weighted by molar-refractivity contribution is -0.121. The predicted molar refractivity (Wildman–Crippen MR) is 146 cm³/mol. The Kier molecular flexibility index (Phi) is 7.30. The van der Waals surface area contributed by atoms with E-state index in [1.165, 1.54) is 5.56 Å². The first-order chi connectivity index (χ1) is 17.1. The zero-order chi connectivity index (χ0) is 24.2. The average Bonchev–Trinajstić information content (AvgIpc) is 3.24. The second kappa shape index (κ2) is 10.8. The highest BCUT2D eigenvalue weighted by atomic mass is 79.9. The third-order valence-electron chi connectivity index (χ3n) is 6.75. The molecule has 1 fully saturated rings. The summed E-state index contributed by atoms with van der Waals surface area (Å²) in [7, 11) is 0. The highest BCUT2D eigenvalue weighted by Crippen LogP contribution is 2.26. The van der Waals surface area contributed by atoms with Crippen molar-refractivity contribution in [2.45, 2.75) is 39.2 Å². The van der Waals surface area contributed by atoms with Crippen LogP contribution in [0.15, 0.2) is 77.3 Å². The van der Waals surface area contributed by atoms with Crippen molar-refractivity contribution in [1.82, 2.24) is 14.5 Å². The van der Waals surface area contributed by atoms with Crippen molar-refractivity contribution in [2.75, 3.05) is 18.4 Å². The first-order valence-corrected chi connectivity index (χ1v) is 13.2. The van der Waals surface area contributed by atoms with Crippen LogP contribution in [0.4, 0.5) is 5.69 Å². The Morgan fingerprint density at radius 3 is 2.66 bits per heavy atom. The quantitative estimate of drug-likeness (QED) is 0.293. The van der Waals surface area contributed by atoms with Crippen LogP contribution in [0.5, 0.6) is 0 Å². The molecule has 0 aliphatic carbocycles. The summed E-state index contributed by atoms with van der Waals surface area (Å²) < 4.78 is 3.30. The number of nitrogens with one attached hydrogen (secondary N) is 1. The van der Waals surface area contributed by atoms with E-state index in [4.69, 9.17) is 4.98 Å². The molecule has 0 unspecified atom stereocenters. The number of halogens is 1. The fourth-order valence-corrected chi connectivity index (χ4v) is 5.30. The van der Waals surface area contributed by atoms with Gasteiger partial charge in [0.05, 0.1) is 23.5 Å². The van der Waals surface area contributed by atoms with Gasteiger partial charge in [-0.15, -0.1) is 0 Å². The van der Waals surface area contributed by atoms with Gasteiger partial charge in [-0.1, -0.05) is 59.6 Å². The highest BCUT2D eigenvalue weighted by molar-refractivity contribution is 9.10. The molecule has 1 amide bonds. The number of imidazole rings is 1. The van der Waals surface area contributed by atoms with Gasteiger partial charge in [-0.25, -0.2) is 4.98 Å². The van der Waals surface area contributed by atoms with Crippen LogP contribution in [0.2, 0.25) is 0 Å². The Labute approximate surface area is 215 Å². The molecule has 0 radical (unpaired) electrons. The van der Waals surface area contributed by atoms with Gasteiger partial charge in [0.25, 0.3) is 0 Å². The standard InChI is InChI=1S/C29H31BrN4O/c1-2-8-21-9-3-4-11-25(21)32-29(35)22-10-7-18-33(19-22)20-28-31-26-12-5-6-13-27(26)34(28)24-16-14-23(30)15-17-24/h3-6,9,11-17,22H,2,7-8,10,18-20H2,1H3,(H,32,35)/t22-/m0/s1. The zero-order valence-electron chi connectivity index (χ0n) is 20.1. The third kappa shape index (κ3) is 5.34. The number of nitrogens with zero attached hydrogens (tertiary/aromatic N) is 3. The van der Waals surface area contributed by atoms with Gasteiger partial charge in [-0.3, -0.25) is 14.3 Å². The van der Waals surface area contributed by atoms with Crippen LogP contribution in [0.25, 0.3) is 16.7 Å².